The molecule has 3 aromatic carbocycles. The molecule has 188 valence electrons. The minimum atomic E-state index is -0.263. The molecule has 8 heteroatoms. The van der Waals surface area contributed by atoms with Gasteiger partial charge in [-0.2, -0.15) is 5.26 Å². The summed E-state index contributed by atoms with van der Waals surface area (Å²) in [5, 5.41) is 17.6. The van der Waals surface area contributed by atoms with Gasteiger partial charge in [0.2, 0.25) is 0 Å². The molecule has 2 aromatic heterocycles. The van der Waals surface area contributed by atoms with E-state index in [2.05, 4.69) is 21.7 Å². The number of rotatable bonds is 7. The molecule has 0 saturated carbocycles. The number of nitriles is 1. The zero-order valence-electron chi connectivity index (χ0n) is 20.6. The molecule has 0 aliphatic heterocycles. The van der Waals surface area contributed by atoms with Crippen molar-refractivity contribution in [2.75, 3.05) is 17.6 Å². The van der Waals surface area contributed by atoms with Gasteiger partial charge in [0.05, 0.1) is 10.2 Å². The Kier molecular flexibility index (Phi) is 7.27. The van der Waals surface area contributed by atoms with Crippen LogP contribution in [0.3, 0.4) is 0 Å². The van der Waals surface area contributed by atoms with Gasteiger partial charge in [-0.15, -0.1) is 11.3 Å². The first-order valence-electron chi connectivity index (χ1n) is 12.0. The smallest absolute Gasteiger partial charge is 0.256 e. The molecule has 1 amide bonds. The summed E-state index contributed by atoms with van der Waals surface area (Å²) in [4.78, 5) is 18.2. The zero-order valence-corrected chi connectivity index (χ0v) is 22.2. The van der Waals surface area contributed by atoms with Crippen LogP contribution >= 0.6 is 22.9 Å². The molecule has 0 saturated heterocycles. The predicted octanol–water partition coefficient (Wildman–Crippen LogP) is 7.10. The van der Waals surface area contributed by atoms with Gasteiger partial charge in [-0.25, -0.2) is 4.98 Å². The zero-order chi connectivity index (χ0) is 26.6. The molecule has 0 fully saturated rings. The van der Waals surface area contributed by atoms with Crippen LogP contribution in [0.5, 0.6) is 0 Å². The number of hydrogen-bond donors (Lipinski definition) is 3. The van der Waals surface area contributed by atoms with E-state index >= 15 is 0 Å². The number of benzene rings is 3. The molecule has 0 aliphatic carbocycles. The number of thiophene rings is 1. The summed E-state index contributed by atoms with van der Waals surface area (Å²) < 4.78 is 0.696. The number of nitrogen functional groups attached to an aromatic ring is 1. The Morgan fingerprint density at radius 2 is 1.84 bits per heavy atom. The van der Waals surface area contributed by atoms with E-state index in [-0.39, 0.29) is 17.3 Å². The molecule has 5 aromatic rings. The van der Waals surface area contributed by atoms with Gasteiger partial charge < -0.3 is 16.4 Å². The number of aromatic nitrogens is 1. The first-order chi connectivity index (χ1) is 18.4. The van der Waals surface area contributed by atoms with Crippen molar-refractivity contribution < 1.29 is 4.79 Å². The average molecular weight is 538 g/mol. The van der Waals surface area contributed by atoms with E-state index in [9.17, 15) is 10.1 Å². The standard InChI is InChI=1S/C30H24ClN5OS/c1-18-6-5-9-22(16-18)35-30-25(29(37)34-15-14-19-7-3-2-4-8-19)26-27(38-30)24(23(17-32)28(33)36-26)20-10-12-21(31)13-11-20/h2-13,16,35H,14-15H2,1H3,(H2,33,36)(H,34,37). The van der Waals surface area contributed by atoms with Crippen LogP contribution in [0.25, 0.3) is 21.3 Å². The second-order valence-electron chi connectivity index (χ2n) is 8.84. The highest BCUT2D eigenvalue weighted by Gasteiger charge is 2.26. The van der Waals surface area contributed by atoms with Crippen LogP contribution in [0.1, 0.15) is 27.0 Å². The topological polar surface area (TPSA) is 104 Å². The summed E-state index contributed by atoms with van der Waals surface area (Å²) in [5.74, 6) is -0.191. The maximum absolute atomic E-state index is 13.6. The number of amides is 1. The minimum Gasteiger partial charge on any atom is -0.383 e. The lowest BCUT2D eigenvalue weighted by molar-refractivity contribution is 0.0957. The SMILES string of the molecule is Cc1cccc(Nc2sc3c(-c4ccc(Cl)cc4)c(C#N)c(N)nc3c2C(=O)NCCc2ccccc2)c1. The molecule has 0 radical (unpaired) electrons. The third-order valence-electron chi connectivity index (χ3n) is 6.14. The molecule has 0 spiro atoms. The van der Waals surface area contributed by atoms with Gasteiger partial charge in [0.25, 0.3) is 5.91 Å². The molecule has 4 N–H and O–H groups in total. The van der Waals surface area contributed by atoms with Crippen LogP contribution in [-0.2, 0) is 6.42 Å². The van der Waals surface area contributed by atoms with Crippen LogP contribution in [0.15, 0.2) is 78.9 Å². The van der Waals surface area contributed by atoms with Gasteiger partial charge in [0.15, 0.2) is 0 Å². The fraction of sp³-hybridized carbons (Fsp3) is 0.100. The Morgan fingerprint density at radius 3 is 2.55 bits per heavy atom. The van der Waals surface area contributed by atoms with Crippen molar-refractivity contribution in [2.24, 2.45) is 0 Å². The quantitative estimate of drug-likeness (QED) is 0.205. The van der Waals surface area contributed by atoms with Crippen molar-refractivity contribution in [3.63, 3.8) is 0 Å². The molecule has 38 heavy (non-hydrogen) atoms. The van der Waals surface area contributed by atoms with E-state index in [1.807, 2.05) is 73.7 Å². The summed E-state index contributed by atoms with van der Waals surface area (Å²) in [6.45, 7) is 2.47. The van der Waals surface area contributed by atoms with Crippen molar-refractivity contribution in [1.82, 2.24) is 10.3 Å². The fourth-order valence-corrected chi connectivity index (χ4v) is 5.68. The highest BCUT2D eigenvalue weighted by molar-refractivity contribution is 7.24. The molecule has 0 atom stereocenters. The van der Waals surface area contributed by atoms with Crippen molar-refractivity contribution in [1.29, 1.82) is 5.26 Å². The first-order valence-corrected chi connectivity index (χ1v) is 13.2. The van der Waals surface area contributed by atoms with Crippen LogP contribution in [0, 0.1) is 18.3 Å². The van der Waals surface area contributed by atoms with E-state index in [0.29, 0.717) is 44.3 Å². The van der Waals surface area contributed by atoms with Crippen molar-refractivity contribution in [3.8, 4) is 17.2 Å². The Labute approximate surface area is 229 Å². The van der Waals surface area contributed by atoms with E-state index in [1.54, 1.807) is 12.1 Å². The normalized spacial score (nSPS) is 10.8. The average Bonchev–Trinajstić information content (AvgIpc) is 3.26. The van der Waals surface area contributed by atoms with Crippen LogP contribution in [0.4, 0.5) is 16.5 Å². The van der Waals surface area contributed by atoms with Gasteiger partial charge in [0, 0.05) is 22.8 Å². The lowest BCUT2D eigenvalue weighted by Gasteiger charge is -2.10. The van der Waals surface area contributed by atoms with Crippen molar-refractivity contribution >= 4 is 55.6 Å². The predicted molar refractivity (Wildman–Crippen MR) is 156 cm³/mol. The number of hydrogen-bond acceptors (Lipinski definition) is 6. The molecule has 0 aliphatic rings. The third kappa shape index (κ3) is 5.18. The van der Waals surface area contributed by atoms with Crippen LogP contribution < -0.4 is 16.4 Å². The van der Waals surface area contributed by atoms with E-state index < -0.39 is 0 Å². The number of nitrogens with zero attached hydrogens (tertiary/aromatic N) is 2. The molecule has 0 bridgehead atoms. The first kappa shape index (κ1) is 25.3. The van der Waals surface area contributed by atoms with Gasteiger partial charge in [0.1, 0.15) is 28.0 Å². The van der Waals surface area contributed by atoms with Crippen LogP contribution in [-0.4, -0.2) is 17.4 Å². The molecule has 6 nitrogen and oxygen atoms in total. The Bertz CT molecular complexity index is 1670. The maximum atomic E-state index is 13.6. The second-order valence-corrected chi connectivity index (χ2v) is 10.3. The number of nitrogens with two attached hydrogens (primary N) is 1. The number of fused-ring (bicyclic) bond motifs is 1. The number of anilines is 3. The van der Waals surface area contributed by atoms with Crippen LogP contribution in [0.2, 0.25) is 5.02 Å². The monoisotopic (exact) mass is 537 g/mol. The molecular weight excluding hydrogens is 514 g/mol. The Balaban J connectivity index is 1.63. The highest BCUT2D eigenvalue weighted by Crippen LogP contribution is 2.44. The van der Waals surface area contributed by atoms with Crippen molar-refractivity contribution in [3.05, 3.63) is 106 Å². The number of carbonyl (C=O) groups excluding carboxylic acids is 1. The van der Waals surface area contributed by atoms with E-state index in [4.69, 9.17) is 17.3 Å². The fourth-order valence-electron chi connectivity index (χ4n) is 4.33. The van der Waals surface area contributed by atoms with Gasteiger partial charge in [-0.3, -0.25) is 4.79 Å². The van der Waals surface area contributed by atoms with Gasteiger partial charge in [-0.1, -0.05) is 66.2 Å². The lowest BCUT2D eigenvalue weighted by Crippen LogP contribution is -2.26. The van der Waals surface area contributed by atoms with Gasteiger partial charge >= 0.3 is 0 Å². The summed E-state index contributed by atoms with van der Waals surface area (Å²) in [5.41, 5.74) is 11.8. The minimum absolute atomic E-state index is 0.0724. The lowest BCUT2D eigenvalue weighted by atomic mass is 10.00. The number of aryl methyl sites for hydroxylation is 1. The number of halogens is 1. The molecule has 5 rings (SSSR count). The van der Waals surface area contributed by atoms with Gasteiger partial charge in [-0.05, 0) is 54.3 Å². The number of nitrogens with one attached hydrogen (secondary N) is 2. The summed E-state index contributed by atoms with van der Waals surface area (Å²) in [6.07, 6.45) is 0.694. The van der Waals surface area contributed by atoms with E-state index in [1.165, 1.54) is 11.3 Å². The van der Waals surface area contributed by atoms with E-state index in [0.717, 1.165) is 22.4 Å². The largest absolute Gasteiger partial charge is 0.383 e. The number of pyridine rings is 1. The Hall–Kier alpha value is -4.38. The molecular formula is C30H24ClN5OS. The summed E-state index contributed by atoms with van der Waals surface area (Å²) in [7, 11) is 0. The highest BCUT2D eigenvalue weighted by atomic mass is 35.5. The Morgan fingerprint density at radius 1 is 1.08 bits per heavy atom. The summed E-state index contributed by atoms with van der Waals surface area (Å²) >= 11 is 7.50. The molecule has 2 heterocycles. The number of carbonyl (C=O) groups is 1. The maximum Gasteiger partial charge on any atom is 0.256 e. The summed E-state index contributed by atoms with van der Waals surface area (Å²) in [6, 6.07) is 27.3. The molecule has 0 unspecified atom stereocenters. The van der Waals surface area contributed by atoms with Crippen molar-refractivity contribution in [2.45, 2.75) is 13.3 Å². The second kappa shape index (κ2) is 10.9. The third-order valence-corrected chi connectivity index (χ3v) is 7.50.